The number of carbonyl (C=O) groups excluding carboxylic acids is 1. The van der Waals surface area contributed by atoms with Crippen molar-refractivity contribution in [3.05, 3.63) is 23.8 Å². The molecule has 76 valence electrons. The predicted molar refractivity (Wildman–Crippen MR) is 55.6 cm³/mol. The van der Waals surface area contributed by atoms with Crippen LogP contribution in [-0.4, -0.2) is 12.6 Å². The fraction of sp³-hybridized carbons (Fsp3) is 0.300. The molecule has 0 atom stereocenters. The topological polar surface area (TPSA) is 64.3 Å². The Labute approximate surface area is 83.1 Å². The van der Waals surface area contributed by atoms with E-state index in [2.05, 4.69) is 5.32 Å². The molecule has 0 radical (unpaired) electrons. The van der Waals surface area contributed by atoms with E-state index >= 15 is 0 Å². The Morgan fingerprint density at radius 3 is 2.86 bits per heavy atom. The van der Waals surface area contributed by atoms with E-state index in [1.165, 1.54) is 0 Å². The van der Waals surface area contributed by atoms with E-state index < -0.39 is 6.03 Å². The van der Waals surface area contributed by atoms with Crippen LogP contribution in [0.4, 0.5) is 10.5 Å². The van der Waals surface area contributed by atoms with Gasteiger partial charge in [0, 0.05) is 0 Å². The maximum Gasteiger partial charge on any atom is 0.316 e. The Balaban J connectivity index is 2.96. The SMILES string of the molecule is CCOc1ccc(C)cc1NC(N)=O. The number of aryl methyl sites for hydroxylation is 1. The number of carbonyl (C=O) groups is 1. The van der Waals surface area contributed by atoms with E-state index in [1.807, 2.05) is 32.0 Å². The van der Waals surface area contributed by atoms with Crippen LogP contribution in [0.3, 0.4) is 0 Å². The van der Waals surface area contributed by atoms with Gasteiger partial charge in [-0.25, -0.2) is 4.79 Å². The molecule has 0 saturated carbocycles. The third kappa shape index (κ3) is 2.65. The van der Waals surface area contributed by atoms with Crippen LogP contribution >= 0.6 is 0 Å². The highest BCUT2D eigenvalue weighted by atomic mass is 16.5. The molecule has 0 aromatic heterocycles. The van der Waals surface area contributed by atoms with E-state index in [1.54, 1.807) is 0 Å². The number of urea groups is 1. The van der Waals surface area contributed by atoms with Crippen molar-refractivity contribution < 1.29 is 9.53 Å². The Morgan fingerprint density at radius 1 is 1.57 bits per heavy atom. The summed E-state index contributed by atoms with van der Waals surface area (Å²) in [6, 6.07) is 4.95. The number of ether oxygens (including phenoxy) is 1. The minimum absolute atomic E-state index is 0.552. The predicted octanol–water partition coefficient (Wildman–Crippen LogP) is 1.88. The summed E-state index contributed by atoms with van der Waals surface area (Å²) in [5.74, 6) is 0.636. The molecular weight excluding hydrogens is 180 g/mol. The first kappa shape index (κ1) is 10.4. The molecule has 0 heterocycles. The summed E-state index contributed by atoms with van der Waals surface area (Å²) in [4.78, 5) is 10.7. The van der Waals surface area contributed by atoms with Gasteiger partial charge in [0.15, 0.2) is 0 Å². The van der Waals surface area contributed by atoms with Gasteiger partial charge in [0.05, 0.1) is 12.3 Å². The van der Waals surface area contributed by atoms with E-state index in [0.29, 0.717) is 18.0 Å². The first-order chi connectivity index (χ1) is 6.63. The van der Waals surface area contributed by atoms with Crippen molar-refractivity contribution in [3.63, 3.8) is 0 Å². The standard InChI is InChI=1S/C10H14N2O2/c1-3-14-9-5-4-7(2)6-8(9)12-10(11)13/h4-6H,3H2,1-2H3,(H3,11,12,13). The van der Waals surface area contributed by atoms with Gasteiger partial charge in [-0.15, -0.1) is 0 Å². The van der Waals surface area contributed by atoms with Gasteiger partial charge in [-0.1, -0.05) is 6.07 Å². The average Bonchev–Trinajstić information content (AvgIpc) is 2.09. The molecule has 0 unspecified atom stereocenters. The van der Waals surface area contributed by atoms with Gasteiger partial charge in [0.2, 0.25) is 0 Å². The zero-order valence-electron chi connectivity index (χ0n) is 8.33. The van der Waals surface area contributed by atoms with Crippen molar-refractivity contribution in [2.45, 2.75) is 13.8 Å². The lowest BCUT2D eigenvalue weighted by Gasteiger charge is -2.10. The van der Waals surface area contributed by atoms with Gasteiger partial charge >= 0.3 is 6.03 Å². The van der Waals surface area contributed by atoms with E-state index in [0.717, 1.165) is 5.56 Å². The first-order valence-corrected chi connectivity index (χ1v) is 4.43. The molecule has 0 aliphatic carbocycles. The molecule has 4 nitrogen and oxygen atoms in total. The summed E-state index contributed by atoms with van der Waals surface area (Å²) in [6.07, 6.45) is 0. The monoisotopic (exact) mass is 194 g/mol. The number of anilines is 1. The Morgan fingerprint density at radius 2 is 2.29 bits per heavy atom. The van der Waals surface area contributed by atoms with Gasteiger partial charge in [-0.2, -0.15) is 0 Å². The number of nitrogens with two attached hydrogens (primary N) is 1. The highest BCUT2D eigenvalue weighted by molar-refractivity contribution is 5.89. The summed E-state index contributed by atoms with van der Waals surface area (Å²) < 4.78 is 5.32. The molecule has 1 rings (SSSR count). The van der Waals surface area contributed by atoms with Gasteiger partial charge in [0.1, 0.15) is 5.75 Å². The molecule has 0 fully saturated rings. The lowest BCUT2D eigenvalue weighted by atomic mass is 10.2. The zero-order valence-corrected chi connectivity index (χ0v) is 8.33. The quantitative estimate of drug-likeness (QED) is 0.771. The average molecular weight is 194 g/mol. The Hall–Kier alpha value is -1.71. The van der Waals surface area contributed by atoms with Crippen molar-refractivity contribution in [2.24, 2.45) is 5.73 Å². The Bertz CT molecular complexity index is 337. The van der Waals surface area contributed by atoms with E-state index in [4.69, 9.17) is 10.5 Å². The van der Waals surface area contributed by atoms with Crippen molar-refractivity contribution >= 4 is 11.7 Å². The number of hydrogen-bond acceptors (Lipinski definition) is 2. The van der Waals surface area contributed by atoms with Gasteiger partial charge < -0.3 is 15.8 Å². The van der Waals surface area contributed by atoms with Gasteiger partial charge in [-0.05, 0) is 31.5 Å². The molecule has 0 aliphatic rings. The van der Waals surface area contributed by atoms with Crippen LogP contribution in [0.1, 0.15) is 12.5 Å². The molecule has 0 spiro atoms. The normalized spacial score (nSPS) is 9.57. The number of nitrogens with one attached hydrogen (secondary N) is 1. The smallest absolute Gasteiger partial charge is 0.316 e. The van der Waals surface area contributed by atoms with Crippen LogP contribution in [0.2, 0.25) is 0 Å². The second-order valence-electron chi connectivity index (χ2n) is 2.92. The largest absolute Gasteiger partial charge is 0.492 e. The van der Waals surface area contributed by atoms with E-state index in [-0.39, 0.29) is 0 Å². The second-order valence-corrected chi connectivity index (χ2v) is 2.92. The minimum atomic E-state index is -0.587. The number of rotatable bonds is 3. The third-order valence-electron chi connectivity index (χ3n) is 1.69. The molecule has 4 heteroatoms. The number of hydrogen-bond donors (Lipinski definition) is 2. The summed E-state index contributed by atoms with van der Waals surface area (Å²) in [5, 5.41) is 2.51. The maximum absolute atomic E-state index is 10.7. The fourth-order valence-corrected chi connectivity index (χ4v) is 1.16. The van der Waals surface area contributed by atoms with Crippen LogP contribution in [0.25, 0.3) is 0 Å². The second kappa shape index (κ2) is 4.50. The highest BCUT2D eigenvalue weighted by Crippen LogP contribution is 2.25. The molecule has 2 amide bonds. The van der Waals surface area contributed by atoms with Crippen molar-refractivity contribution in [1.29, 1.82) is 0 Å². The molecule has 1 aromatic rings. The van der Waals surface area contributed by atoms with E-state index in [9.17, 15) is 4.79 Å². The zero-order chi connectivity index (χ0) is 10.6. The van der Waals surface area contributed by atoms with Crippen molar-refractivity contribution in [2.75, 3.05) is 11.9 Å². The maximum atomic E-state index is 10.7. The molecule has 14 heavy (non-hydrogen) atoms. The third-order valence-corrected chi connectivity index (χ3v) is 1.69. The van der Waals surface area contributed by atoms with Crippen molar-refractivity contribution in [1.82, 2.24) is 0 Å². The van der Waals surface area contributed by atoms with Crippen LogP contribution in [0.15, 0.2) is 18.2 Å². The van der Waals surface area contributed by atoms with Gasteiger partial charge in [0.25, 0.3) is 0 Å². The van der Waals surface area contributed by atoms with Crippen LogP contribution < -0.4 is 15.8 Å². The fourth-order valence-electron chi connectivity index (χ4n) is 1.16. The number of amides is 2. The lowest BCUT2D eigenvalue weighted by molar-refractivity contribution is 0.259. The molecule has 1 aromatic carbocycles. The number of benzene rings is 1. The molecule has 0 saturated heterocycles. The summed E-state index contributed by atoms with van der Waals surface area (Å²) in [5.41, 5.74) is 6.68. The summed E-state index contributed by atoms with van der Waals surface area (Å²) in [6.45, 7) is 4.37. The summed E-state index contributed by atoms with van der Waals surface area (Å²) >= 11 is 0. The molecule has 3 N–H and O–H groups in total. The number of primary amides is 1. The highest BCUT2D eigenvalue weighted by Gasteiger charge is 2.04. The lowest BCUT2D eigenvalue weighted by Crippen LogP contribution is -2.19. The summed E-state index contributed by atoms with van der Waals surface area (Å²) in [7, 11) is 0. The van der Waals surface area contributed by atoms with Crippen LogP contribution in [0.5, 0.6) is 5.75 Å². The molecule has 0 bridgehead atoms. The first-order valence-electron chi connectivity index (χ1n) is 4.43. The van der Waals surface area contributed by atoms with Gasteiger partial charge in [-0.3, -0.25) is 0 Å². The molecule has 0 aliphatic heterocycles. The van der Waals surface area contributed by atoms with Crippen LogP contribution in [-0.2, 0) is 0 Å². The molecular formula is C10H14N2O2. The minimum Gasteiger partial charge on any atom is -0.492 e. The Kier molecular flexibility index (Phi) is 3.34. The van der Waals surface area contributed by atoms with Crippen LogP contribution in [0, 0.1) is 6.92 Å². The van der Waals surface area contributed by atoms with Crippen molar-refractivity contribution in [3.8, 4) is 5.75 Å².